The van der Waals surface area contributed by atoms with Crippen LogP contribution in [-0.4, -0.2) is 25.1 Å². The van der Waals surface area contributed by atoms with Gasteiger partial charge in [0.1, 0.15) is 5.75 Å². The molecule has 0 aliphatic heterocycles. The zero-order valence-corrected chi connectivity index (χ0v) is 13.1. The number of rotatable bonds is 6. The standard InChI is InChI=1S/C18H19NO4/c1-13(17(20)19-12-14-7-4-3-5-8-14)23-16-10-6-9-15(11-16)18(21)22-2/h3-11,13H,12H2,1-2H3,(H,19,20). The molecule has 0 saturated carbocycles. The van der Waals surface area contributed by atoms with Crippen molar-refractivity contribution in [2.24, 2.45) is 0 Å². The Morgan fingerprint density at radius 3 is 2.52 bits per heavy atom. The van der Waals surface area contributed by atoms with E-state index >= 15 is 0 Å². The molecule has 120 valence electrons. The minimum Gasteiger partial charge on any atom is -0.481 e. The van der Waals surface area contributed by atoms with Crippen LogP contribution in [-0.2, 0) is 16.1 Å². The predicted molar refractivity (Wildman–Crippen MR) is 86.2 cm³/mol. The Morgan fingerprint density at radius 2 is 1.83 bits per heavy atom. The van der Waals surface area contributed by atoms with Crippen LogP contribution in [0.3, 0.4) is 0 Å². The third-order valence-corrected chi connectivity index (χ3v) is 3.25. The average molecular weight is 313 g/mol. The molecule has 1 amide bonds. The summed E-state index contributed by atoms with van der Waals surface area (Å²) in [5, 5.41) is 2.81. The molecule has 1 unspecified atom stereocenters. The van der Waals surface area contributed by atoms with Gasteiger partial charge >= 0.3 is 5.97 Å². The van der Waals surface area contributed by atoms with Gasteiger partial charge in [-0.25, -0.2) is 4.79 Å². The zero-order chi connectivity index (χ0) is 16.7. The van der Waals surface area contributed by atoms with Crippen LogP contribution >= 0.6 is 0 Å². The Hall–Kier alpha value is -2.82. The molecular formula is C18H19NO4. The van der Waals surface area contributed by atoms with E-state index in [0.717, 1.165) is 5.56 Å². The number of hydrogen-bond acceptors (Lipinski definition) is 4. The molecular weight excluding hydrogens is 294 g/mol. The van der Waals surface area contributed by atoms with Crippen molar-refractivity contribution in [3.63, 3.8) is 0 Å². The number of ether oxygens (including phenoxy) is 2. The Bertz CT molecular complexity index is 670. The SMILES string of the molecule is COC(=O)c1cccc(OC(C)C(=O)NCc2ccccc2)c1. The van der Waals surface area contributed by atoms with Gasteiger partial charge in [0, 0.05) is 6.54 Å². The molecule has 2 aromatic rings. The highest BCUT2D eigenvalue weighted by Crippen LogP contribution is 2.15. The van der Waals surface area contributed by atoms with Crippen LogP contribution in [0, 0.1) is 0 Å². The summed E-state index contributed by atoms with van der Waals surface area (Å²) >= 11 is 0. The monoisotopic (exact) mass is 313 g/mol. The van der Waals surface area contributed by atoms with Crippen LogP contribution in [0.15, 0.2) is 54.6 Å². The molecule has 23 heavy (non-hydrogen) atoms. The van der Waals surface area contributed by atoms with Crippen molar-refractivity contribution >= 4 is 11.9 Å². The lowest BCUT2D eigenvalue weighted by molar-refractivity contribution is -0.127. The van der Waals surface area contributed by atoms with Crippen LogP contribution < -0.4 is 10.1 Å². The van der Waals surface area contributed by atoms with Crippen LogP contribution in [0.5, 0.6) is 5.75 Å². The number of amides is 1. The molecule has 0 aliphatic rings. The molecule has 0 saturated heterocycles. The normalized spacial score (nSPS) is 11.4. The molecule has 0 aromatic heterocycles. The van der Waals surface area contributed by atoms with Crippen LogP contribution in [0.2, 0.25) is 0 Å². The highest BCUT2D eigenvalue weighted by molar-refractivity contribution is 5.89. The van der Waals surface area contributed by atoms with E-state index in [-0.39, 0.29) is 5.91 Å². The van der Waals surface area contributed by atoms with Gasteiger partial charge in [-0.1, -0.05) is 36.4 Å². The van der Waals surface area contributed by atoms with Crippen molar-refractivity contribution in [1.29, 1.82) is 0 Å². The highest BCUT2D eigenvalue weighted by Gasteiger charge is 2.15. The van der Waals surface area contributed by atoms with Crippen molar-refractivity contribution in [1.82, 2.24) is 5.32 Å². The maximum atomic E-state index is 12.1. The summed E-state index contributed by atoms with van der Waals surface area (Å²) in [4.78, 5) is 23.6. The Kier molecular flexibility index (Phi) is 5.74. The largest absolute Gasteiger partial charge is 0.481 e. The summed E-state index contributed by atoms with van der Waals surface area (Å²) in [6.45, 7) is 2.10. The van der Waals surface area contributed by atoms with E-state index < -0.39 is 12.1 Å². The van der Waals surface area contributed by atoms with Gasteiger partial charge in [-0.05, 0) is 30.7 Å². The summed E-state index contributed by atoms with van der Waals surface area (Å²) < 4.78 is 10.2. The number of methoxy groups -OCH3 is 1. The van der Waals surface area contributed by atoms with Crippen LogP contribution in [0.25, 0.3) is 0 Å². The highest BCUT2D eigenvalue weighted by atomic mass is 16.5. The summed E-state index contributed by atoms with van der Waals surface area (Å²) in [6.07, 6.45) is -0.674. The van der Waals surface area contributed by atoms with Crippen molar-refractivity contribution in [3.8, 4) is 5.75 Å². The van der Waals surface area contributed by atoms with Crippen LogP contribution in [0.4, 0.5) is 0 Å². The topological polar surface area (TPSA) is 64.6 Å². The van der Waals surface area contributed by atoms with E-state index in [0.29, 0.717) is 17.9 Å². The second kappa shape index (κ2) is 7.98. The van der Waals surface area contributed by atoms with E-state index in [2.05, 4.69) is 10.1 Å². The summed E-state index contributed by atoms with van der Waals surface area (Å²) in [6, 6.07) is 16.2. The smallest absolute Gasteiger partial charge is 0.337 e. The fraction of sp³-hybridized carbons (Fsp3) is 0.222. The van der Waals surface area contributed by atoms with E-state index in [1.54, 1.807) is 31.2 Å². The lowest BCUT2D eigenvalue weighted by Crippen LogP contribution is -2.35. The minimum atomic E-state index is -0.674. The van der Waals surface area contributed by atoms with Gasteiger partial charge in [0.15, 0.2) is 6.10 Å². The molecule has 0 radical (unpaired) electrons. The lowest BCUT2D eigenvalue weighted by atomic mass is 10.2. The van der Waals surface area contributed by atoms with Gasteiger partial charge in [0.2, 0.25) is 0 Å². The fourth-order valence-corrected chi connectivity index (χ4v) is 2.00. The van der Waals surface area contributed by atoms with Gasteiger partial charge in [-0.3, -0.25) is 4.79 Å². The third kappa shape index (κ3) is 4.85. The van der Waals surface area contributed by atoms with E-state index in [1.165, 1.54) is 7.11 Å². The summed E-state index contributed by atoms with van der Waals surface area (Å²) in [7, 11) is 1.31. The van der Waals surface area contributed by atoms with Gasteiger partial charge in [-0.15, -0.1) is 0 Å². The molecule has 0 fully saturated rings. The number of hydrogen-bond donors (Lipinski definition) is 1. The first-order valence-corrected chi connectivity index (χ1v) is 7.27. The molecule has 0 spiro atoms. The van der Waals surface area contributed by atoms with Crippen LogP contribution in [0.1, 0.15) is 22.8 Å². The molecule has 5 nitrogen and oxygen atoms in total. The van der Waals surface area contributed by atoms with Gasteiger partial charge in [-0.2, -0.15) is 0 Å². The average Bonchev–Trinajstić information content (AvgIpc) is 2.60. The first kappa shape index (κ1) is 16.5. The molecule has 1 atom stereocenters. The Balaban J connectivity index is 1.92. The number of carbonyl (C=O) groups is 2. The first-order chi connectivity index (χ1) is 11.1. The minimum absolute atomic E-state index is 0.225. The van der Waals surface area contributed by atoms with Crippen molar-refractivity contribution in [3.05, 3.63) is 65.7 Å². The Labute approximate surface area is 135 Å². The van der Waals surface area contributed by atoms with Gasteiger partial charge in [0.05, 0.1) is 12.7 Å². The maximum absolute atomic E-state index is 12.1. The molecule has 0 aliphatic carbocycles. The van der Waals surface area contributed by atoms with Gasteiger partial charge < -0.3 is 14.8 Å². The van der Waals surface area contributed by atoms with Crippen molar-refractivity contribution < 1.29 is 19.1 Å². The molecule has 0 bridgehead atoms. The van der Waals surface area contributed by atoms with E-state index in [4.69, 9.17) is 4.74 Å². The third-order valence-electron chi connectivity index (χ3n) is 3.25. The number of nitrogens with one attached hydrogen (secondary N) is 1. The molecule has 2 rings (SSSR count). The second-order valence-corrected chi connectivity index (χ2v) is 4.98. The van der Waals surface area contributed by atoms with Crippen molar-refractivity contribution in [2.75, 3.05) is 7.11 Å². The number of benzene rings is 2. The first-order valence-electron chi connectivity index (χ1n) is 7.27. The number of carbonyl (C=O) groups excluding carboxylic acids is 2. The lowest BCUT2D eigenvalue weighted by Gasteiger charge is -2.15. The summed E-state index contributed by atoms with van der Waals surface area (Å²) in [5.74, 6) is -0.232. The molecule has 0 heterocycles. The second-order valence-electron chi connectivity index (χ2n) is 4.98. The molecule has 5 heteroatoms. The zero-order valence-electron chi connectivity index (χ0n) is 13.1. The fourth-order valence-electron chi connectivity index (χ4n) is 2.00. The molecule has 1 N–H and O–H groups in total. The van der Waals surface area contributed by atoms with E-state index in [9.17, 15) is 9.59 Å². The van der Waals surface area contributed by atoms with E-state index in [1.807, 2.05) is 30.3 Å². The number of esters is 1. The predicted octanol–water partition coefficient (Wildman–Crippen LogP) is 2.56. The maximum Gasteiger partial charge on any atom is 0.337 e. The molecule has 2 aromatic carbocycles. The summed E-state index contributed by atoms with van der Waals surface area (Å²) in [5.41, 5.74) is 1.39. The van der Waals surface area contributed by atoms with Crippen molar-refractivity contribution in [2.45, 2.75) is 19.6 Å². The quantitative estimate of drug-likeness (QED) is 0.833. The Morgan fingerprint density at radius 1 is 1.09 bits per heavy atom. The van der Waals surface area contributed by atoms with Gasteiger partial charge in [0.25, 0.3) is 5.91 Å².